The number of hydrogen-bond acceptors (Lipinski definition) is 3. The molecular formula is C23H27Cl2FN2O3. The normalized spacial score (nSPS) is 11.8. The van der Waals surface area contributed by atoms with E-state index in [9.17, 15) is 14.0 Å². The van der Waals surface area contributed by atoms with Crippen LogP contribution >= 0.6 is 23.2 Å². The van der Waals surface area contributed by atoms with Crippen molar-refractivity contribution in [2.75, 3.05) is 13.2 Å². The van der Waals surface area contributed by atoms with Crippen molar-refractivity contribution in [3.63, 3.8) is 0 Å². The molecule has 5 nitrogen and oxygen atoms in total. The molecule has 0 saturated carbocycles. The molecule has 2 rings (SSSR count). The third kappa shape index (κ3) is 7.40. The summed E-state index contributed by atoms with van der Waals surface area (Å²) in [7, 11) is 0. The fourth-order valence-corrected chi connectivity index (χ4v) is 3.47. The Bertz CT molecular complexity index is 871. The summed E-state index contributed by atoms with van der Waals surface area (Å²) in [5, 5.41) is 3.69. The van der Waals surface area contributed by atoms with Crippen molar-refractivity contribution >= 4 is 35.0 Å². The molecule has 0 aliphatic carbocycles. The number of ether oxygens (including phenoxy) is 1. The standard InChI is InChI=1S/C23H27Cl2FN2O3/c1-4-21(23(30)27-12-15(2)3)28(13-18-19(24)6-5-7-20(18)25)22(29)14-31-17-10-8-16(26)9-11-17/h5-11,15,21H,4,12-14H2,1-3H3,(H,27,30)/t21-/m1/s1. The number of nitrogens with zero attached hydrogens (tertiary/aromatic N) is 1. The number of benzene rings is 2. The van der Waals surface area contributed by atoms with E-state index in [2.05, 4.69) is 5.32 Å². The zero-order chi connectivity index (χ0) is 23.0. The Morgan fingerprint density at radius 1 is 1.10 bits per heavy atom. The van der Waals surface area contributed by atoms with Gasteiger partial charge >= 0.3 is 0 Å². The SMILES string of the molecule is CC[C@H](C(=O)NCC(C)C)N(Cc1c(Cl)cccc1Cl)C(=O)COc1ccc(F)cc1. The molecule has 0 aliphatic heterocycles. The van der Waals surface area contributed by atoms with Gasteiger partial charge in [0.1, 0.15) is 17.6 Å². The minimum atomic E-state index is -0.726. The van der Waals surface area contributed by atoms with Gasteiger partial charge in [-0.05, 0) is 48.7 Å². The number of carbonyl (C=O) groups is 2. The Balaban J connectivity index is 2.25. The lowest BCUT2D eigenvalue weighted by Gasteiger charge is -2.31. The van der Waals surface area contributed by atoms with E-state index in [1.807, 2.05) is 20.8 Å². The number of halogens is 3. The average Bonchev–Trinajstić information content (AvgIpc) is 2.73. The smallest absolute Gasteiger partial charge is 0.261 e. The first-order valence-electron chi connectivity index (χ1n) is 10.1. The minimum absolute atomic E-state index is 0.0533. The Labute approximate surface area is 192 Å². The van der Waals surface area contributed by atoms with Gasteiger partial charge in [0.2, 0.25) is 5.91 Å². The summed E-state index contributed by atoms with van der Waals surface area (Å²) >= 11 is 12.6. The maximum Gasteiger partial charge on any atom is 0.261 e. The van der Waals surface area contributed by atoms with Crippen molar-refractivity contribution in [1.82, 2.24) is 10.2 Å². The zero-order valence-electron chi connectivity index (χ0n) is 17.8. The highest BCUT2D eigenvalue weighted by atomic mass is 35.5. The lowest BCUT2D eigenvalue weighted by atomic mass is 10.1. The molecule has 0 aliphatic rings. The highest BCUT2D eigenvalue weighted by Gasteiger charge is 2.30. The first-order chi connectivity index (χ1) is 14.7. The van der Waals surface area contributed by atoms with Gasteiger partial charge in [0, 0.05) is 28.7 Å². The third-order valence-electron chi connectivity index (χ3n) is 4.64. The van der Waals surface area contributed by atoms with Gasteiger partial charge in [-0.25, -0.2) is 4.39 Å². The summed E-state index contributed by atoms with van der Waals surface area (Å²) < 4.78 is 18.6. The minimum Gasteiger partial charge on any atom is -0.484 e. The molecule has 2 amide bonds. The van der Waals surface area contributed by atoms with Gasteiger partial charge < -0.3 is 15.0 Å². The number of rotatable bonds is 10. The van der Waals surface area contributed by atoms with Gasteiger partial charge in [-0.2, -0.15) is 0 Å². The van der Waals surface area contributed by atoms with Gasteiger partial charge in [-0.15, -0.1) is 0 Å². The van der Waals surface area contributed by atoms with Crippen LogP contribution in [0.1, 0.15) is 32.8 Å². The molecule has 0 radical (unpaired) electrons. The maximum absolute atomic E-state index is 13.1. The van der Waals surface area contributed by atoms with E-state index in [0.29, 0.717) is 34.3 Å². The summed E-state index contributed by atoms with van der Waals surface area (Å²) in [6.45, 7) is 6.04. The largest absolute Gasteiger partial charge is 0.484 e. The van der Waals surface area contributed by atoms with Gasteiger partial charge in [0.25, 0.3) is 5.91 Å². The van der Waals surface area contributed by atoms with Crippen molar-refractivity contribution in [2.45, 2.75) is 39.8 Å². The second-order valence-electron chi connectivity index (χ2n) is 7.53. The van der Waals surface area contributed by atoms with Gasteiger partial charge in [-0.3, -0.25) is 9.59 Å². The van der Waals surface area contributed by atoms with E-state index < -0.39 is 17.8 Å². The van der Waals surface area contributed by atoms with Crippen LogP contribution in [0.2, 0.25) is 10.0 Å². The summed E-state index contributed by atoms with van der Waals surface area (Å²) in [6.07, 6.45) is 0.397. The predicted octanol–water partition coefficient (Wildman–Crippen LogP) is 5.09. The molecule has 0 saturated heterocycles. The Kier molecular flexibility index (Phi) is 9.59. The van der Waals surface area contributed by atoms with Gasteiger partial charge in [0.15, 0.2) is 6.61 Å². The fourth-order valence-electron chi connectivity index (χ4n) is 2.95. The number of nitrogens with one attached hydrogen (secondary N) is 1. The molecule has 0 heterocycles. The monoisotopic (exact) mass is 468 g/mol. The molecule has 0 spiro atoms. The third-order valence-corrected chi connectivity index (χ3v) is 5.34. The second kappa shape index (κ2) is 11.9. The van der Waals surface area contributed by atoms with Gasteiger partial charge in [0.05, 0.1) is 0 Å². The van der Waals surface area contributed by atoms with Crippen LogP contribution in [0, 0.1) is 11.7 Å². The van der Waals surface area contributed by atoms with E-state index in [4.69, 9.17) is 27.9 Å². The van der Waals surface area contributed by atoms with Crippen LogP contribution in [0.25, 0.3) is 0 Å². The van der Waals surface area contributed by atoms with Crippen molar-refractivity contribution in [3.05, 3.63) is 63.9 Å². The molecule has 1 N–H and O–H groups in total. The zero-order valence-corrected chi connectivity index (χ0v) is 19.3. The van der Waals surface area contributed by atoms with Gasteiger partial charge in [-0.1, -0.05) is 50.0 Å². The van der Waals surface area contributed by atoms with Crippen molar-refractivity contribution in [1.29, 1.82) is 0 Å². The average molecular weight is 469 g/mol. The molecule has 1 atom stereocenters. The lowest BCUT2D eigenvalue weighted by molar-refractivity contribution is -0.143. The van der Waals surface area contributed by atoms with Crippen LogP contribution in [0.4, 0.5) is 4.39 Å². The molecule has 31 heavy (non-hydrogen) atoms. The number of amides is 2. The van der Waals surface area contributed by atoms with E-state index in [1.54, 1.807) is 18.2 Å². The van der Waals surface area contributed by atoms with E-state index in [1.165, 1.54) is 29.2 Å². The first-order valence-corrected chi connectivity index (χ1v) is 10.9. The molecule has 0 bridgehead atoms. The number of hydrogen-bond donors (Lipinski definition) is 1. The molecule has 2 aromatic rings. The van der Waals surface area contributed by atoms with E-state index in [0.717, 1.165) is 0 Å². The molecule has 2 aromatic carbocycles. The van der Waals surface area contributed by atoms with Crippen LogP contribution in [0.5, 0.6) is 5.75 Å². The molecule has 0 aromatic heterocycles. The summed E-state index contributed by atoms with van der Waals surface area (Å²) in [5.74, 6) is -0.448. The van der Waals surface area contributed by atoms with E-state index >= 15 is 0 Å². The quantitative estimate of drug-likeness (QED) is 0.528. The van der Waals surface area contributed by atoms with Crippen molar-refractivity contribution in [2.24, 2.45) is 5.92 Å². The molecule has 168 valence electrons. The highest BCUT2D eigenvalue weighted by molar-refractivity contribution is 6.36. The van der Waals surface area contributed by atoms with Crippen LogP contribution in [0.15, 0.2) is 42.5 Å². The summed E-state index contributed by atoms with van der Waals surface area (Å²) in [6, 6.07) is 9.71. The van der Waals surface area contributed by atoms with Crippen molar-refractivity contribution < 1.29 is 18.7 Å². The van der Waals surface area contributed by atoms with Crippen LogP contribution in [-0.4, -0.2) is 35.9 Å². The molecular weight excluding hydrogens is 442 g/mol. The number of carbonyl (C=O) groups excluding carboxylic acids is 2. The Morgan fingerprint density at radius 2 is 1.71 bits per heavy atom. The highest BCUT2D eigenvalue weighted by Crippen LogP contribution is 2.27. The molecule has 8 heteroatoms. The maximum atomic E-state index is 13.1. The summed E-state index contributed by atoms with van der Waals surface area (Å²) in [5.41, 5.74) is 0.552. The topological polar surface area (TPSA) is 58.6 Å². The first kappa shape index (κ1) is 25.0. The Hall–Kier alpha value is -2.31. The van der Waals surface area contributed by atoms with Crippen LogP contribution in [0.3, 0.4) is 0 Å². The second-order valence-corrected chi connectivity index (χ2v) is 8.34. The lowest BCUT2D eigenvalue weighted by Crippen LogP contribution is -2.50. The Morgan fingerprint density at radius 3 is 2.26 bits per heavy atom. The van der Waals surface area contributed by atoms with Crippen LogP contribution < -0.4 is 10.1 Å². The molecule has 0 unspecified atom stereocenters. The van der Waals surface area contributed by atoms with Crippen LogP contribution in [-0.2, 0) is 16.1 Å². The van der Waals surface area contributed by atoms with E-state index in [-0.39, 0.29) is 25.0 Å². The predicted molar refractivity (Wildman–Crippen MR) is 121 cm³/mol. The fraction of sp³-hybridized carbons (Fsp3) is 0.391. The molecule has 0 fully saturated rings. The summed E-state index contributed by atoms with van der Waals surface area (Å²) in [4.78, 5) is 27.4. The van der Waals surface area contributed by atoms with Crippen molar-refractivity contribution in [3.8, 4) is 5.75 Å².